The van der Waals surface area contributed by atoms with Gasteiger partial charge in [-0.2, -0.15) is 5.26 Å². The molecule has 0 saturated carbocycles. The zero-order chi connectivity index (χ0) is 19.4. The number of hydrogen-bond donors (Lipinski definition) is 1. The molecule has 0 bridgehead atoms. The average molecular weight is 363 g/mol. The molecule has 0 radical (unpaired) electrons. The van der Waals surface area contributed by atoms with Crippen LogP contribution >= 0.6 is 0 Å². The first-order chi connectivity index (χ1) is 13.0. The van der Waals surface area contributed by atoms with E-state index in [1.807, 2.05) is 30.3 Å². The fraction of sp³-hybridized carbons (Fsp3) is 0.0952. The van der Waals surface area contributed by atoms with Crippen molar-refractivity contribution in [1.82, 2.24) is 4.98 Å². The van der Waals surface area contributed by atoms with Crippen LogP contribution in [0.15, 0.2) is 54.7 Å². The van der Waals surface area contributed by atoms with Crippen LogP contribution < -0.4 is 5.73 Å². The van der Waals surface area contributed by atoms with Gasteiger partial charge in [0.05, 0.1) is 17.7 Å². The maximum Gasteiger partial charge on any atom is 0.221 e. The van der Waals surface area contributed by atoms with Crippen molar-refractivity contribution in [2.75, 3.05) is 0 Å². The highest BCUT2D eigenvalue weighted by Gasteiger charge is 2.11. The third kappa shape index (κ3) is 4.33. The van der Waals surface area contributed by atoms with Crippen molar-refractivity contribution in [2.24, 2.45) is 5.73 Å². The number of benzene rings is 2. The first-order valence-electron chi connectivity index (χ1n) is 8.17. The summed E-state index contributed by atoms with van der Waals surface area (Å²) in [7, 11) is 0. The predicted octanol–water partition coefficient (Wildman–Crippen LogP) is 3.52. The molecule has 0 spiro atoms. The van der Waals surface area contributed by atoms with Gasteiger partial charge >= 0.3 is 0 Å². The number of aromatic nitrogens is 1. The summed E-state index contributed by atoms with van der Waals surface area (Å²) in [6, 6.07) is 15.0. The van der Waals surface area contributed by atoms with Crippen molar-refractivity contribution in [3.63, 3.8) is 0 Å². The number of pyridine rings is 1. The lowest BCUT2D eigenvalue weighted by Crippen LogP contribution is -2.13. The standard InChI is InChI=1S/C21H15F2N3O/c22-18-9-15(8-17(12-24)21(18)23)6-14-4-5-26-19(10-14)16-3-1-2-13(7-16)11-20(25)27/h1-5,7-10H,6,11H2,(H2,25,27). The van der Waals surface area contributed by atoms with Crippen LogP contribution in [0.5, 0.6) is 0 Å². The molecule has 0 atom stereocenters. The molecule has 134 valence electrons. The number of primary amides is 1. The Bertz CT molecular complexity index is 1060. The quantitative estimate of drug-likeness (QED) is 0.753. The third-order valence-electron chi connectivity index (χ3n) is 4.04. The van der Waals surface area contributed by atoms with E-state index in [1.165, 1.54) is 6.07 Å². The molecule has 27 heavy (non-hydrogen) atoms. The molecule has 3 aromatic rings. The smallest absolute Gasteiger partial charge is 0.221 e. The molecule has 0 aliphatic heterocycles. The Morgan fingerprint density at radius 2 is 1.89 bits per heavy atom. The Morgan fingerprint density at radius 3 is 2.63 bits per heavy atom. The third-order valence-corrected chi connectivity index (χ3v) is 4.04. The van der Waals surface area contributed by atoms with Gasteiger partial charge in [-0.15, -0.1) is 0 Å². The summed E-state index contributed by atoms with van der Waals surface area (Å²) in [5, 5.41) is 8.92. The van der Waals surface area contributed by atoms with E-state index in [-0.39, 0.29) is 12.0 Å². The second-order valence-corrected chi connectivity index (χ2v) is 6.12. The molecule has 0 saturated heterocycles. The summed E-state index contributed by atoms with van der Waals surface area (Å²) < 4.78 is 27.1. The van der Waals surface area contributed by atoms with Crippen molar-refractivity contribution >= 4 is 5.91 Å². The minimum atomic E-state index is -1.14. The molecule has 1 aromatic heterocycles. The van der Waals surface area contributed by atoms with E-state index in [0.29, 0.717) is 17.7 Å². The number of nitrogens with two attached hydrogens (primary N) is 1. The van der Waals surface area contributed by atoms with Crippen LogP contribution in [-0.2, 0) is 17.6 Å². The molecule has 1 amide bonds. The zero-order valence-electron chi connectivity index (χ0n) is 14.2. The fourth-order valence-corrected chi connectivity index (χ4v) is 2.85. The van der Waals surface area contributed by atoms with Gasteiger partial charge in [-0.05, 0) is 53.4 Å². The van der Waals surface area contributed by atoms with Gasteiger partial charge in [0.25, 0.3) is 0 Å². The number of amides is 1. The maximum absolute atomic E-state index is 13.6. The second-order valence-electron chi connectivity index (χ2n) is 6.12. The first kappa shape index (κ1) is 18.2. The number of carbonyl (C=O) groups excluding carboxylic acids is 1. The van der Waals surface area contributed by atoms with Crippen LogP contribution in [0.4, 0.5) is 8.78 Å². The molecule has 0 fully saturated rings. The van der Waals surface area contributed by atoms with E-state index in [2.05, 4.69) is 4.98 Å². The Morgan fingerprint density at radius 1 is 1.07 bits per heavy atom. The van der Waals surface area contributed by atoms with Gasteiger partial charge in [0.1, 0.15) is 6.07 Å². The van der Waals surface area contributed by atoms with Gasteiger partial charge < -0.3 is 5.73 Å². The van der Waals surface area contributed by atoms with E-state index >= 15 is 0 Å². The molecule has 0 aliphatic carbocycles. The highest BCUT2D eigenvalue weighted by atomic mass is 19.2. The lowest BCUT2D eigenvalue weighted by Gasteiger charge is -2.08. The molecular weight excluding hydrogens is 348 g/mol. The molecule has 0 unspecified atom stereocenters. The Hall–Kier alpha value is -3.59. The molecule has 0 aliphatic rings. The van der Waals surface area contributed by atoms with Crippen LogP contribution in [0.25, 0.3) is 11.3 Å². The van der Waals surface area contributed by atoms with E-state index in [4.69, 9.17) is 11.0 Å². The van der Waals surface area contributed by atoms with Crippen LogP contribution in [-0.4, -0.2) is 10.9 Å². The van der Waals surface area contributed by atoms with E-state index < -0.39 is 17.5 Å². The number of nitrogens with zero attached hydrogens (tertiary/aromatic N) is 2. The normalized spacial score (nSPS) is 10.4. The zero-order valence-corrected chi connectivity index (χ0v) is 14.2. The van der Waals surface area contributed by atoms with Crippen LogP contribution in [0.2, 0.25) is 0 Å². The van der Waals surface area contributed by atoms with Gasteiger partial charge in [-0.25, -0.2) is 8.78 Å². The van der Waals surface area contributed by atoms with Crippen molar-refractivity contribution in [3.05, 3.63) is 88.6 Å². The average Bonchev–Trinajstić information content (AvgIpc) is 2.64. The Kier molecular flexibility index (Phi) is 5.23. The number of rotatable bonds is 5. The number of halogens is 2. The van der Waals surface area contributed by atoms with Crippen LogP contribution in [0, 0.1) is 23.0 Å². The molecule has 3 rings (SSSR count). The molecule has 2 aromatic carbocycles. The molecule has 4 nitrogen and oxygen atoms in total. The fourth-order valence-electron chi connectivity index (χ4n) is 2.85. The summed E-state index contributed by atoms with van der Waals surface area (Å²) in [4.78, 5) is 15.4. The van der Waals surface area contributed by atoms with Crippen LogP contribution in [0.1, 0.15) is 22.3 Å². The number of carbonyl (C=O) groups is 1. The minimum Gasteiger partial charge on any atom is -0.369 e. The largest absolute Gasteiger partial charge is 0.369 e. The highest BCUT2D eigenvalue weighted by molar-refractivity contribution is 5.77. The second kappa shape index (κ2) is 7.75. The van der Waals surface area contributed by atoms with Gasteiger partial charge in [-0.3, -0.25) is 9.78 Å². The van der Waals surface area contributed by atoms with Crippen molar-refractivity contribution in [1.29, 1.82) is 5.26 Å². The molecular formula is C21H15F2N3O. The highest BCUT2D eigenvalue weighted by Crippen LogP contribution is 2.22. The predicted molar refractivity (Wildman–Crippen MR) is 96.5 cm³/mol. The van der Waals surface area contributed by atoms with E-state index in [9.17, 15) is 13.6 Å². The maximum atomic E-state index is 13.6. The summed E-state index contributed by atoms with van der Waals surface area (Å²) in [5.41, 5.74) is 8.52. The molecule has 2 N–H and O–H groups in total. The summed E-state index contributed by atoms with van der Waals surface area (Å²) in [6.07, 6.45) is 2.08. The lowest BCUT2D eigenvalue weighted by atomic mass is 10.0. The van der Waals surface area contributed by atoms with Gasteiger partial charge in [-0.1, -0.05) is 18.2 Å². The Balaban J connectivity index is 1.90. The van der Waals surface area contributed by atoms with Crippen molar-refractivity contribution in [2.45, 2.75) is 12.8 Å². The number of nitriles is 1. The Labute approximate surface area is 154 Å². The van der Waals surface area contributed by atoms with Crippen LogP contribution in [0.3, 0.4) is 0 Å². The summed E-state index contributed by atoms with van der Waals surface area (Å²) in [5.74, 6) is -2.60. The lowest BCUT2D eigenvalue weighted by molar-refractivity contribution is -0.117. The van der Waals surface area contributed by atoms with Crippen molar-refractivity contribution < 1.29 is 13.6 Å². The first-order valence-corrected chi connectivity index (χ1v) is 8.17. The van der Waals surface area contributed by atoms with Gasteiger partial charge in [0, 0.05) is 11.8 Å². The van der Waals surface area contributed by atoms with Gasteiger partial charge in [0.15, 0.2) is 11.6 Å². The number of hydrogen-bond acceptors (Lipinski definition) is 3. The molecule has 1 heterocycles. The summed E-state index contributed by atoms with van der Waals surface area (Å²) in [6.45, 7) is 0. The summed E-state index contributed by atoms with van der Waals surface area (Å²) >= 11 is 0. The van der Waals surface area contributed by atoms with E-state index in [0.717, 1.165) is 22.8 Å². The minimum absolute atomic E-state index is 0.138. The molecule has 6 heteroatoms. The van der Waals surface area contributed by atoms with Crippen molar-refractivity contribution in [3.8, 4) is 17.3 Å². The topological polar surface area (TPSA) is 79.8 Å². The van der Waals surface area contributed by atoms with Gasteiger partial charge in [0.2, 0.25) is 5.91 Å². The van der Waals surface area contributed by atoms with E-state index in [1.54, 1.807) is 18.3 Å². The SMILES string of the molecule is N#Cc1cc(Cc2ccnc(-c3cccc(CC(N)=O)c3)c2)cc(F)c1F. The monoisotopic (exact) mass is 363 g/mol.